The molecule has 1 aliphatic carbocycles. The lowest BCUT2D eigenvalue weighted by Crippen LogP contribution is -2.49. The maximum atomic E-state index is 6.34. The summed E-state index contributed by atoms with van der Waals surface area (Å²) >= 11 is 0. The minimum atomic E-state index is -0.0829. The van der Waals surface area contributed by atoms with E-state index in [1.165, 1.54) is 19.3 Å². The van der Waals surface area contributed by atoms with Gasteiger partial charge in [0.15, 0.2) is 0 Å². The second-order valence-corrected chi connectivity index (χ2v) is 6.02. The van der Waals surface area contributed by atoms with Crippen LogP contribution in [0.4, 0.5) is 0 Å². The molecule has 1 fully saturated rings. The van der Waals surface area contributed by atoms with Crippen molar-refractivity contribution < 1.29 is 4.74 Å². The molecular weight excluding hydrogens is 262 g/mol. The van der Waals surface area contributed by atoms with Crippen molar-refractivity contribution in [2.45, 2.75) is 77.5 Å². The Hall–Kier alpha value is -0.870. The molecule has 0 spiro atoms. The molecular formula is C17H31N3O. The summed E-state index contributed by atoms with van der Waals surface area (Å²) in [4.78, 5) is 4.66. The first-order valence-electron chi connectivity index (χ1n) is 8.65. The summed E-state index contributed by atoms with van der Waals surface area (Å²) in [6.45, 7) is 9.25. The third kappa shape index (κ3) is 3.67. The number of aryl methyl sites for hydroxylation is 1. The van der Waals surface area contributed by atoms with Crippen molar-refractivity contribution in [3.05, 3.63) is 18.2 Å². The van der Waals surface area contributed by atoms with Crippen molar-refractivity contribution in [3.63, 3.8) is 0 Å². The van der Waals surface area contributed by atoms with Crippen molar-refractivity contribution >= 4 is 0 Å². The molecule has 0 saturated heterocycles. The number of nitrogens with zero attached hydrogens (tertiary/aromatic N) is 2. The summed E-state index contributed by atoms with van der Waals surface area (Å²) in [5, 5.41) is 3.73. The average molecular weight is 293 g/mol. The molecule has 1 saturated carbocycles. The van der Waals surface area contributed by atoms with Crippen LogP contribution in [0.15, 0.2) is 12.4 Å². The van der Waals surface area contributed by atoms with E-state index < -0.39 is 0 Å². The molecule has 0 aliphatic heterocycles. The molecule has 1 unspecified atom stereocenters. The predicted octanol–water partition coefficient (Wildman–Crippen LogP) is 3.68. The van der Waals surface area contributed by atoms with Crippen molar-refractivity contribution in [1.82, 2.24) is 14.9 Å². The third-order valence-electron chi connectivity index (χ3n) is 4.60. The molecule has 1 N–H and O–H groups in total. The summed E-state index contributed by atoms with van der Waals surface area (Å²) in [6.07, 6.45) is 11.3. The van der Waals surface area contributed by atoms with Gasteiger partial charge in [0.1, 0.15) is 5.82 Å². The maximum Gasteiger partial charge on any atom is 0.128 e. The van der Waals surface area contributed by atoms with Crippen LogP contribution in [-0.2, 0) is 11.3 Å². The van der Waals surface area contributed by atoms with E-state index in [1.54, 1.807) is 0 Å². The Morgan fingerprint density at radius 1 is 1.29 bits per heavy atom. The van der Waals surface area contributed by atoms with Gasteiger partial charge in [-0.25, -0.2) is 4.98 Å². The SMILES string of the molecule is CCCNC(c1nccn1CC)C1(OCC)CCCCC1. The molecule has 0 amide bonds. The molecule has 1 heterocycles. The van der Waals surface area contributed by atoms with E-state index in [9.17, 15) is 0 Å². The zero-order chi connectivity index (χ0) is 15.1. The first kappa shape index (κ1) is 16.5. The van der Waals surface area contributed by atoms with Gasteiger partial charge in [-0.15, -0.1) is 0 Å². The molecule has 1 aromatic heterocycles. The molecule has 0 radical (unpaired) electrons. The first-order chi connectivity index (χ1) is 10.3. The summed E-state index contributed by atoms with van der Waals surface area (Å²) < 4.78 is 8.59. The number of rotatable bonds is 8. The summed E-state index contributed by atoms with van der Waals surface area (Å²) in [7, 11) is 0. The quantitative estimate of drug-likeness (QED) is 0.794. The van der Waals surface area contributed by atoms with Crippen LogP contribution in [0.5, 0.6) is 0 Å². The van der Waals surface area contributed by atoms with Crippen molar-refractivity contribution in [3.8, 4) is 0 Å². The van der Waals surface area contributed by atoms with E-state index >= 15 is 0 Å². The lowest BCUT2D eigenvalue weighted by molar-refractivity contribution is -0.0935. The lowest BCUT2D eigenvalue weighted by atomic mass is 9.78. The predicted molar refractivity (Wildman–Crippen MR) is 86.4 cm³/mol. The van der Waals surface area contributed by atoms with Crippen molar-refractivity contribution in [2.75, 3.05) is 13.2 Å². The van der Waals surface area contributed by atoms with Crippen LogP contribution in [0.3, 0.4) is 0 Å². The van der Waals surface area contributed by atoms with Crippen molar-refractivity contribution in [1.29, 1.82) is 0 Å². The van der Waals surface area contributed by atoms with Gasteiger partial charge in [0, 0.05) is 25.5 Å². The van der Waals surface area contributed by atoms with Crippen LogP contribution < -0.4 is 5.32 Å². The van der Waals surface area contributed by atoms with Gasteiger partial charge >= 0.3 is 0 Å². The fraction of sp³-hybridized carbons (Fsp3) is 0.824. The smallest absolute Gasteiger partial charge is 0.128 e. The van der Waals surface area contributed by atoms with Crippen LogP contribution >= 0.6 is 0 Å². The van der Waals surface area contributed by atoms with E-state index in [4.69, 9.17) is 4.74 Å². The van der Waals surface area contributed by atoms with Crippen LogP contribution in [0.25, 0.3) is 0 Å². The highest BCUT2D eigenvalue weighted by atomic mass is 16.5. The molecule has 21 heavy (non-hydrogen) atoms. The third-order valence-corrected chi connectivity index (χ3v) is 4.60. The Balaban J connectivity index is 2.31. The fourth-order valence-corrected chi connectivity index (χ4v) is 3.60. The molecule has 1 atom stereocenters. The monoisotopic (exact) mass is 293 g/mol. The molecule has 4 nitrogen and oxygen atoms in total. The van der Waals surface area contributed by atoms with E-state index in [-0.39, 0.29) is 11.6 Å². The van der Waals surface area contributed by atoms with E-state index in [0.717, 1.165) is 44.8 Å². The summed E-state index contributed by atoms with van der Waals surface area (Å²) in [6, 6.07) is 0.202. The highest BCUT2D eigenvalue weighted by molar-refractivity contribution is 5.09. The van der Waals surface area contributed by atoms with Crippen LogP contribution in [0.2, 0.25) is 0 Å². The Morgan fingerprint density at radius 2 is 2.05 bits per heavy atom. The molecule has 120 valence electrons. The highest BCUT2D eigenvalue weighted by Crippen LogP contribution is 2.41. The van der Waals surface area contributed by atoms with Crippen LogP contribution in [-0.4, -0.2) is 28.3 Å². The molecule has 2 rings (SSSR count). The first-order valence-corrected chi connectivity index (χ1v) is 8.65. The Labute approximate surface area is 129 Å². The number of nitrogens with one attached hydrogen (secondary N) is 1. The van der Waals surface area contributed by atoms with Gasteiger partial charge in [0.05, 0.1) is 11.6 Å². The summed E-state index contributed by atoms with van der Waals surface area (Å²) in [5.74, 6) is 1.14. The van der Waals surface area contributed by atoms with Gasteiger partial charge < -0.3 is 14.6 Å². The number of hydrogen-bond donors (Lipinski definition) is 1. The molecule has 0 aromatic carbocycles. The topological polar surface area (TPSA) is 39.1 Å². The number of aromatic nitrogens is 2. The Morgan fingerprint density at radius 3 is 2.67 bits per heavy atom. The number of imidazole rings is 1. The fourth-order valence-electron chi connectivity index (χ4n) is 3.60. The standard InChI is InChI=1S/C17H31N3O/c1-4-12-18-15(16-19-13-14-20(16)5-2)17(21-6-3)10-8-7-9-11-17/h13-15,18H,4-12H2,1-3H3. The largest absolute Gasteiger partial charge is 0.373 e. The highest BCUT2D eigenvalue weighted by Gasteiger charge is 2.43. The van der Waals surface area contributed by atoms with Gasteiger partial charge in [0.25, 0.3) is 0 Å². The molecule has 4 heteroatoms. The molecule has 1 aromatic rings. The van der Waals surface area contributed by atoms with Crippen molar-refractivity contribution in [2.24, 2.45) is 0 Å². The summed E-state index contributed by atoms with van der Waals surface area (Å²) in [5.41, 5.74) is -0.0829. The van der Waals surface area contributed by atoms with Gasteiger partial charge in [-0.3, -0.25) is 0 Å². The number of ether oxygens (including phenoxy) is 1. The molecule has 1 aliphatic rings. The minimum Gasteiger partial charge on any atom is -0.373 e. The van der Waals surface area contributed by atoms with Gasteiger partial charge in [-0.05, 0) is 39.7 Å². The lowest BCUT2D eigenvalue weighted by Gasteiger charge is -2.43. The van der Waals surface area contributed by atoms with Crippen LogP contribution in [0, 0.1) is 0 Å². The van der Waals surface area contributed by atoms with Gasteiger partial charge in [0.2, 0.25) is 0 Å². The van der Waals surface area contributed by atoms with Gasteiger partial charge in [-0.2, -0.15) is 0 Å². The van der Waals surface area contributed by atoms with E-state index in [0.29, 0.717) is 0 Å². The zero-order valence-electron chi connectivity index (χ0n) is 13.9. The van der Waals surface area contributed by atoms with E-state index in [1.807, 2.05) is 6.20 Å². The second-order valence-electron chi connectivity index (χ2n) is 6.02. The van der Waals surface area contributed by atoms with Gasteiger partial charge in [-0.1, -0.05) is 26.2 Å². The van der Waals surface area contributed by atoms with Crippen LogP contribution in [0.1, 0.15) is 71.2 Å². The average Bonchev–Trinajstić information content (AvgIpc) is 2.97. The molecule has 0 bridgehead atoms. The minimum absolute atomic E-state index is 0.0829. The van der Waals surface area contributed by atoms with E-state index in [2.05, 4.69) is 41.8 Å². The Kier molecular flexibility index (Phi) is 6.24. The second kappa shape index (κ2) is 7.95. The zero-order valence-corrected chi connectivity index (χ0v) is 13.9. The number of hydrogen-bond acceptors (Lipinski definition) is 3. The maximum absolute atomic E-state index is 6.34. The normalized spacial score (nSPS) is 19.6. The Bertz CT molecular complexity index is 404.